The molecule has 5 aromatic carbocycles. The first-order valence-electron chi connectivity index (χ1n) is 18.7. The molecule has 0 amide bonds. The van der Waals surface area contributed by atoms with Gasteiger partial charge in [0, 0.05) is 46.4 Å². The van der Waals surface area contributed by atoms with Gasteiger partial charge in [-0.15, -0.1) is 10.7 Å². The fourth-order valence-electron chi connectivity index (χ4n) is 9.52. The van der Waals surface area contributed by atoms with Crippen LogP contribution in [0.5, 0.6) is 0 Å². The summed E-state index contributed by atoms with van der Waals surface area (Å²) in [4.78, 5) is 6.22. The maximum Gasteiger partial charge on any atom is 0.640 e. The van der Waals surface area contributed by atoms with Crippen LogP contribution >= 0.6 is 0 Å². The van der Waals surface area contributed by atoms with Crippen LogP contribution in [0.15, 0.2) is 126 Å². The molecule has 2 aliphatic heterocycles. The second-order valence-electron chi connectivity index (χ2n) is 15.2. The van der Waals surface area contributed by atoms with E-state index in [1.54, 1.807) is 0 Å². The molecule has 2 aromatic heterocycles. The molecule has 2 aliphatic carbocycles. The van der Waals surface area contributed by atoms with Crippen molar-refractivity contribution in [3.63, 3.8) is 0 Å². The number of rotatable bonds is 3. The number of para-hydroxylation sites is 3. The van der Waals surface area contributed by atoms with Gasteiger partial charge in [-0.3, -0.25) is 4.90 Å². The van der Waals surface area contributed by atoms with Gasteiger partial charge in [0.2, 0.25) is 10.9 Å². The summed E-state index contributed by atoms with van der Waals surface area (Å²) < 4.78 is 10.5. The first-order chi connectivity index (χ1) is 25.5. The molecular weight excluding hydrogens is 635 g/mol. The number of nitrogens with one attached hydrogen (secondary N) is 1. The fraction of sp³-hybridized carbons (Fsp3) is 0.191. The van der Waals surface area contributed by atoms with Gasteiger partial charge in [-0.2, -0.15) is 0 Å². The van der Waals surface area contributed by atoms with E-state index < -0.39 is 0 Å². The Hall–Kier alpha value is -5.96. The van der Waals surface area contributed by atoms with Crippen molar-refractivity contribution in [2.24, 2.45) is 11.8 Å². The van der Waals surface area contributed by atoms with E-state index in [9.17, 15) is 0 Å². The third-order valence-corrected chi connectivity index (χ3v) is 11.9. The van der Waals surface area contributed by atoms with Crippen LogP contribution in [-0.2, 0) is 6.42 Å². The molecule has 0 spiro atoms. The summed E-state index contributed by atoms with van der Waals surface area (Å²) in [5.41, 5.74) is 16.4. The lowest BCUT2D eigenvalue weighted by molar-refractivity contribution is -0.368. The van der Waals surface area contributed by atoms with Gasteiger partial charge in [-0.25, -0.2) is 0 Å². The normalized spacial score (nSPS) is 19.5. The molecule has 0 saturated carbocycles. The Balaban J connectivity index is 1.35. The van der Waals surface area contributed by atoms with Crippen molar-refractivity contribution in [1.29, 1.82) is 0 Å². The summed E-state index contributed by atoms with van der Waals surface area (Å²) in [6.07, 6.45) is 9.13. The van der Waals surface area contributed by atoms with Crippen molar-refractivity contribution >= 4 is 61.1 Å². The molecule has 0 bridgehead atoms. The van der Waals surface area contributed by atoms with E-state index in [4.69, 9.17) is 4.67 Å². The van der Waals surface area contributed by atoms with Gasteiger partial charge in [0.25, 0.3) is 0 Å². The SMILES string of the molecule is CC1CC=C=C1c1cccc2c1=[N+]=C(n1c3ccccc3c3c4ccccc4c4c5c(n(-c6ccccc6)c4c31)CC(C)C(C1=CCN(C)C1)=C5)[NH+]=2. The highest BCUT2D eigenvalue weighted by Crippen LogP contribution is 2.48. The van der Waals surface area contributed by atoms with Gasteiger partial charge in [0.05, 0.1) is 10.9 Å². The molecule has 4 aliphatic rings. The predicted molar refractivity (Wildman–Crippen MR) is 213 cm³/mol. The van der Waals surface area contributed by atoms with Crippen LogP contribution in [0.1, 0.15) is 37.1 Å². The lowest BCUT2D eigenvalue weighted by atomic mass is 9.83. The van der Waals surface area contributed by atoms with Crippen molar-refractivity contribution in [2.45, 2.75) is 26.7 Å². The van der Waals surface area contributed by atoms with Crippen molar-refractivity contribution in [1.82, 2.24) is 18.7 Å². The third kappa shape index (κ3) is 4.10. The Morgan fingerprint density at radius 2 is 1.52 bits per heavy atom. The zero-order chi connectivity index (χ0) is 34.7. The second-order valence-corrected chi connectivity index (χ2v) is 15.2. The molecule has 5 nitrogen and oxygen atoms in total. The Labute approximate surface area is 301 Å². The number of benzene rings is 5. The summed E-state index contributed by atoms with van der Waals surface area (Å²) in [5.74, 6) is 1.66. The Bertz CT molecular complexity index is 3030. The first kappa shape index (κ1) is 29.7. The molecule has 2 unspecified atom stereocenters. The molecular formula is C47H39N5+2. The topological polar surface area (TPSA) is 41.2 Å². The molecule has 0 saturated heterocycles. The first-order valence-corrected chi connectivity index (χ1v) is 18.7. The van der Waals surface area contributed by atoms with E-state index in [2.05, 4.69) is 161 Å². The molecule has 0 fully saturated rings. The second kappa shape index (κ2) is 11.0. The van der Waals surface area contributed by atoms with Crippen molar-refractivity contribution in [3.8, 4) is 5.69 Å². The van der Waals surface area contributed by atoms with Gasteiger partial charge in [0.15, 0.2) is 5.52 Å². The third-order valence-electron chi connectivity index (χ3n) is 11.9. The predicted octanol–water partition coefficient (Wildman–Crippen LogP) is 6.22. The van der Waals surface area contributed by atoms with Gasteiger partial charge in [-0.05, 0) is 102 Å². The number of nitrogens with zero attached hydrogens (tertiary/aromatic N) is 4. The highest BCUT2D eigenvalue weighted by Gasteiger charge is 2.38. The molecule has 2 atom stereocenters. The number of aromatic nitrogens is 2. The average Bonchev–Trinajstić information content (AvgIpc) is 4.00. The number of hydrogen-bond acceptors (Lipinski definition) is 1. The van der Waals surface area contributed by atoms with E-state index in [0.29, 0.717) is 11.8 Å². The van der Waals surface area contributed by atoms with E-state index in [1.165, 1.54) is 77.2 Å². The largest absolute Gasteiger partial charge is 0.640 e. The standard InChI is InChI=1S/C47H38N5/c1-28-13-11-19-32(28)35-20-12-21-39-44(35)49-47(48-39)52-40-22-10-9-18-36(40)42-33-16-7-8-17-34(33)43-38-26-37(30-23-24-50(3)27-30)29(2)25-41(38)51(45(43)46(42)52)31-14-5-4-6-15-31/h4-12,14-18,20-23,26,28-29H,13,24-25,27H2,1-3H3/q+1/p+1. The molecule has 5 heteroatoms. The zero-order valence-electron chi connectivity index (χ0n) is 29.7. The van der Waals surface area contributed by atoms with E-state index in [-0.39, 0.29) is 0 Å². The van der Waals surface area contributed by atoms with Crippen LogP contribution in [0.25, 0.3) is 60.8 Å². The Kier molecular flexibility index (Phi) is 6.30. The van der Waals surface area contributed by atoms with Crippen LogP contribution in [0.3, 0.4) is 0 Å². The van der Waals surface area contributed by atoms with Crippen molar-refractivity contribution in [3.05, 3.63) is 154 Å². The minimum absolute atomic E-state index is 0.403. The smallest absolute Gasteiger partial charge is 0.309 e. The zero-order valence-corrected chi connectivity index (χ0v) is 29.7. The summed E-state index contributed by atoms with van der Waals surface area (Å²) in [7, 11) is 2.22. The average molecular weight is 674 g/mol. The summed E-state index contributed by atoms with van der Waals surface area (Å²) in [5, 5.41) is 8.41. The summed E-state index contributed by atoms with van der Waals surface area (Å²) in [6, 6.07) is 35.4. The van der Waals surface area contributed by atoms with Crippen LogP contribution < -0.4 is 20.4 Å². The Morgan fingerprint density at radius 1 is 0.769 bits per heavy atom. The lowest BCUT2D eigenvalue weighted by Gasteiger charge is -2.24. The van der Waals surface area contributed by atoms with Gasteiger partial charge < -0.3 is 4.57 Å². The molecule has 52 heavy (non-hydrogen) atoms. The molecule has 1 N–H and O–H groups in total. The van der Waals surface area contributed by atoms with Crippen LogP contribution in [0.2, 0.25) is 0 Å². The Morgan fingerprint density at radius 3 is 2.29 bits per heavy atom. The van der Waals surface area contributed by atoms with Gasteiger partial charge in [-0.1, -0.05) is 89.8 Å². The van der Waals surface area contributed by atoms with E-state index in [1.807, 2.05) is 0 Å². The maximum absolute atomic E-state index is 5.49. The molecule has 0 radical (unpaired) electrons. The molecule has 11 rings (SSSR count). The van der Waals surface area contributed by atoms with Crippen LogP contribution in [0.4, 0.5) is 0 Å². The minimum atomic E-state index is 0.403. The fourth-order valence-corrected chi connectivity index (χ4v) is 9.52. The van der Waals surface area contributed by atoms with Crippen molar-refractivity contribution in [2.75, 3.05) is 20.1 Å². The highest BCUT2D eigenvalue weighted by molar-refractivity contribution is 6.34. The van der Waals surface area contributed by atoms with Crippen LogP contribution in [-0.4, -0.2) is 40.1 Å². The maximum atomic E-state index is 5.49. The summed E-state index contributed by atoms with van der Waals surface area (Å²) >= 11 is 0. The lowest BCUT2D eigenvalue weighted by Crippen LogP contribution is -2.82. The molecule has 250 valence electrons. The molecule has 4 heterocycles. The van der Waals surface area contributed by atoms with Gasteiger partial charge in [0.1, 0.15) is 5.52 Å². The van der Waals surface area contributed by atoms with Gasteiger partial charge >= 0.3 is 11.3 Å². The quantitative estimate of drug-likeness (QED) is 0.176. The highest BCUT2D eigenvalue weighted by atomic mass is 15.2. The summed E-state index contributed by atoms with van der Waals surface area (Å²) in [6.45, 7) is 6.71. The molecule has 7 aromatic rings. The van der Waals surface area contributed by atoms with E-state index >= 15 is 0 Å². The number of hydrogen-bond donors (Lipinski definition) is 1. The minimum Gasteiger partial charge on any atom is -0.309 e. The van der Waals surface area contributed by atoms with Crippen LogP contribution in [0, 0.1) is 11.8 Å². The number of allylic oxidation sites excluding steroid dienone is 1. The van der Waals surface area contributed by atoms with Crippen molar-refractivity contribution < 1.29 is 4.99 Å². The van der Waals surface area contributed by atoms with E-state index in [0.717, 1.165) is 48.1 Å². The number of likely N-dealkylation sites (N-methyl/N-ethyl adjacent to an activating group) is 1. The monoisotopic (exact) mass is 673 g/mol. The number of fused-ring (bicyclic) bond motifs is 11.